The highest BCUT2D eigenvalue weighted by Gasteiger charge is 2.27. The van der Waals surface area contributed by atoms with Crippen molar-refractivity contribution in [2.24, 2.45) is 0 Å². The van der Waals surface area contributed by atoms with E-state index in [0.717, 1.165) is 27.6 Å². The summed E-state index contributed by atoms with van der Waals surface area (Å²) in [5.74, 6) is 1.37. The van der Waals surface area contributed by atoms with Crippen LogP contribution in [0, 0.1) is 0 Å². The third-order valence-corrected chi connectivity index (χ3v) is 6.69. The number of carbonyl (C=O) groups is 2. The van der Waals surface area contributed by atoms with Crippen molar-refractivity contribution < 1.29 is 23.8 Å². The second kappa shape index (κ2) is 12.0. The number of nitrogens with one attached hydrogen (secondary N) is 1. The number of anilines is 1. The smallest absolute Gasteiger partial charge is 0.410 e. The van der Waals surface area contributed by atoms with Crippen molar-refractivity contribution in [2.45, 2.75) is 59.3 Å². The lowest BCUT2D eigenvalue weighted by molar-refractivity contribution is 0.0240. The first-order chi connectivity index (χ1) is 19.2. The van der Waals surface area contributed by atoms with Crippen molar-refractivity contribution in [2.75, 3.05) is 38.2 Å². The monoisotopic (exact) mass is 582 g/mol. The first kappa shape index (κ1) is 30.2. The molecule has 1 fully saturated rings. The maximum Gasteiger partial charge on any atom is 0.410 e. The Hall–Kier alpha value is -3.72. The van der Waals surface area contributed by atoms with Gasteiger partial charge in [-0.1, -0.05) is 35.9 Å². The molecular formula is C31H39ClN4O5. The van der Waals surface area contributed by atoms with E-state index >= 15 is 0 Å². The highest BCUT2D eigenvalue weighted by Crippen LogP contribution is 2.36. The van der Waals surface area contributed by atoms with Gasteiger partial charge in [-0.15, -0.1) is 0 Å². The summed E-state index contributed by atoms with van der Waals surface area (Å²) in [5, 5.41) is 4.24. The minimum absolute atomic E-state index is 0.261. The number of amides is 2. The van der Waals surface area contributed by atoms with Crippen LogP contribution in [0.5, 0.6) is 5.75 Å². The molecule has 220 valence electrons. The van der Waals surface area contributed by atoms with Crippen LogP contribution in [0.15, 0.2) is 42.5 Å². The van der Waals surface area contributed by atoms with Crippen LogP contribution in [0.1, 0.15) is 47.1 Å². The number of hydrogen-bond acceptors (Lipinski definition) is 7. The van der Waals surface area contributed by atoms with Crippen molar-refractivity contribution in [3.63, 3.8) is 0 Å². The summed E-state index contributed by atoms with van der Waals surface area (Å²) in [6.07, 6.45) is -0.791. The van der Waals surface area contributed by atoms with Gasteiger partial charge in [0, 0.05) is 49.2 Å². The molecular weight excluding hydrogens is 544 g/mol. The minimum Gasteiger partial charge on any atom is -0.496 e. The summed E-state index contributed by atoms with van der Waals surface area (Å²) in [4.78, 5) is 33.3. The Balaban J connectivity index is 1.52. The average Bonchev–Trinajstić information content (AvgIpc) is 2.89. The summed E-state index contributed by atoms with van der Waals surface area (Å²) >= 11 is 6.74. The molecule has 1 N–H and O–H groups in total. The van der Waals surface area contributed by atoms with Gasteiger partial charge in [-0.2, -0.15) is 0 Å². The fourth-order valence-electron chi connectivity index (χ4n) is 4.63. The van der Waals surface area contributed by atoms with E-state index in [4.69, 9.17) is 30.8 Å². The molecule has 2 amide bonds. The zero-order chi connectivity index (χ0) is 29.9. The third-order valence-electron chi connectivity index (χ3n) is 6.41. The molecule has 1 aliphatic rings. The zero-order valence-corrected chi connectivity index (χ0v) is 25.6. The van der Waals surface area contributed by atoms with Gasteiger partial charge < -0.3 is 29.3 Å². The Morgan fingerprint density at radius 2 is 1.63 bits per heavy atom. The normalized spacial score (nSPS) is 14.1. The van der Waals surface area contributed by atoms with E-state index in [1.165, 1.54) is 0 Å². The van der Waals surface area contributed by atoms with Crippen LogP contribution < -0.4 is 15.0 Å². The van der Waals surface area contributed by atoms with E-state index in [-0.39, 0.29) is 12.6 Å². The number of alkyl carbamates (subject to hydrolysis) is 1. The van der Waals surface area contributed by atoms with E-state index in [1.807, 2.05) is 84.0 Å². The summed E-state index contributed by atoms with van der Waals surface area (Å²) in [7, 11) is 1.62. The molecule has 1 saturated heterocycles. The van der Waals surface area contributed by atoms with Crippen LogP contribution in [0.3, 0.4) is 0 Å². The highest BCUT2D eigenvalue weighted by molar-refractivity contribution is 6.33. The van der Waals surface area contributed by atoms with Crippen LogP contribution in [-0.2, 0) is 16.0 Å². The van der Waals surface area contributed by atoms with Gasteiger partial charge in [0.15, 0.2) is 0 Å². The van der Waals surface area contributed by atoms with Gasteiger partial charge in [0.1, 0.15) is 22.8 Å². The van der Waals surface area contributed by atoms with Crippen LogP contribution in [0.2, 0.25) is 5.02 Å². The summed E-state index contributed by atoms with van der Waals surface area (Å²) < 4.78 is 16.6. The topological polar surface area (TPSA) is 93.2 Å². The minimum atomic E-state index is -0.579. The maximum absolute atomic E-state index is 12.4. The predicted octanol–water partition coefficient (Wildman–Crippen LogP) is 6.65. The second-order valence-electron chi connectivity index (χ2n) is 12.0. The first-order valence-corrected chi connectivity index (χ1v) is 14.1. The number of aromatic nitrogens is 1. The maximum atomic E-state index is 12.4. The van der Waals surface area contributed by atoms with E-state index in [2.05, 4.69) is 10.2 Å². The Morgan fingerprint density at radius 3 is 2.27 bits per heavy atom. The SMILES string of the molecule is COc1c(CNC(=O)OC(C)(C)C)cccc1-c1ccc2nc(N3CCN(C(=O)OC(C)(C)C)CC3)c(Cl)cc2c1. The largest absolute Gasteiger partial charge is 0.496 e. The first-order valence-electron chi connectivity index (χ1n) is 13.7. The Labute approximate surface area is 246 Å². The van der Waals surface area contributed by atoms with Crippen molar-refractivity contribution >= 4 is 40.5 Å². The molecule has 0 bridgehead atoms. The molecule has 0 unspecified atom stereocenters. The fourth-order valence-corrected chi connectivity index (χ4v) is 4.91. The van der Waals surface area contributed by atoms with Crippen LogP contribution in [0.25, 0.3) is 22.0 Å². The Bertz CT molecular complexity index is 1420. The molecule has 9 nitrogen and oxygen atoms in total. The Kier molecular flexibility index (Phi) is 8.87. The van der Waals surface area contributed by atoms with E-state index < -0.39 is 17.3 Å². The number of benzene rings is 2. The number of pyridine rings is 1. The molecule has 0 atom stereocenters. The number of nitrogens with zero attached hydrogens (tertiary/aromatic N) is 3. The van der Waals surface area contributed by atoms with Gasteiger partial charge in [0.05, 0.1) is 17.6 Å². The molecule has 1 aliphatic heterocycles. The van der Waals surface area contributed by atoms with Gasteiger partial charge in [-0.05, 0) is 65.3 Å². The second-order valence-corrected chi connectivity index (χ2v) is 12.4. The summed E-state index contributed by atoms with van der Waals surface area (Å²) in [6.45, 7) is 13.6. The predicted molar refractivity (Wildman–Crippen MR) is 162 cm³/mol. The van der Waals surface area contributed by atoms with Gasteiger partial charge in [0.25, 0.3) is 0 Å². The highest BCUT2D eigenvalue weighted by atomic mass is 35.5. The van der Waals surface area contributed by atoms with Crippen molar-refractivity contribution in [3.05, 3.63) is 53.1 Å². The fraction of sp³-hybridized carbons (Fsp3) is 0.452. The molecule has 0 spiro atoms. The van der Waals surface area contributed by atoms with E-state index in [0.29, 0.717) is 42.8 Å². The summed E-state index contributed by atoms with van der Waals surface area (Å²) in [6, 6.07) is 13.7. The molecule has 4 rings (SSSR count). The number of carbonyl (C=O) groups excluding carboxylic acids is 2. The van der Waals surface area contributed by atoms with Crippen LogP contribution in [0.4, 0.5) is 15.4 Å². The van der Waals surface area contributed by atoms with Crippen LogP contribution in [-0.4, -0.2) is 66.6 Å². The van der Waals surface area contributed by atoms with Crippen molar-refractivity contribution in [1.29, 1.82) is 0 Å². The molecule has 2 aromatic carbocycles. The number of methoxy groups -OCH3 is 1. The van der Waals surface area contributed by atoms with Crippen molar-refractivity contribution in [1.82, 2.24) is 15.2 Å². The number of hydrogen-bond donors (Lipinski definition) is 1. The molecule has 0 radical (unpaired) electrons. The van der Waals surface area contributed by atoms with E-state index in [1.54, 1.807) is 12.0 Å². The lowest BCUT2D eigenvalue weighted by atomic mass is 9.99. The lowest BCUT2D eigenvalue weighted by Gasteiger charge is -2.36. The molecule has 0 aliphatic carbocycles. The van der Waals surface area contributed by atoms with Gasteiger partial charge >= 0.3 is 12.2 Å². The molecule has 10 heteroatoms. The number of halogens is 1. The molecule has 1 aromatic heterocycles. The van der Waals surface area contributed by atoms with Crippen molar-refractivity contribution in [3.8, 4) is 16.9 Å². The zero-order valence-electron chi connectivity index (χ0n) is 24.8. The Morgan fingerprint density at radius 1 is 0.951 bits per heavy atom. The standard InChI is InChI=1S/C31H39ClN4O5/c1-30(2,3)40-28(37)33-19-21-9-8-10-23(26(21)39-7)20-11-12-25-22(17-20)18-24(32)27(34-25)35-13-15-36(16-14-35)29(38)41-31(4,5)6/h8-12,17-18H,13-16,19H2,1-7H3,(H,33,37). The van der Waals surface area contributed by atoms with Crippen LogP contribution >= 0.6 is 11.6 Å². The number of fused-ring (bicyclic) bond motifs is 1. The van der Waals surface area contributed by atoms with Gasteiger partial charge in [-0.25, -0.2) is 14.6 Å². The molecule has 3 aromatic rings. The average molecular weight is 583 g/mol. The number of piperazine rings is 1. The number of rotatable bonds is 5. The lowest BCUT2D eigenvalue weighted by Crippen LogP contribution is -2.50. The number of para-hydroxylation sites is 1. The molecule has 2 heterocycles. The molecule has 41 heavy (non-hydrogen) atoms. The quantitative estimate of drug-likeness (QED) is 0.360. The van der Waals surface area contributed by atoms with E-state index in [9.17, 15) is 9.59 Å². The van der Waals surface area contributed by atoms with Gasteiger partial charge in [0.2, 0.25) is 0 Å². The summed E-state index contributed by atoms with van der Waals surface area (Å²) in [5.41, 5.74) is 2.35. The number of ether oxygens (including phenoxy) is 3. The van der Waals surface area contributed by atoms with Gasteiger partial charge in [-0.3, -0.25) is 0 Å². The third kappa shape index (κ3) is 7.73. The molecule has 0 saturated carbocycles.